The maximum Gasteiger partial charge on any atom is 0.289 e. The molecule has 2 saturated heterocycles. The van der Waals surface area contributed by atoms with Gasteiger partial charge in [0.1, 0.15) is 0 Å². The number of carbonyl (C=O) groups is 3. The normalized spacial score (nSPS) is 21.0. The number of amides is 3. The largest absolute Gasteiger partial charge is 0.341 e. The monoisotopic (exact) mass is 386 g/mol. The van der Waals surface area contributed by atoms with Crippen molar-refractivity contribution in [3.8, 4) is 0 Å². The first-order valence-corrected chi connectivity index (χ1v) is 9.41. The van der Waals surface area contributed by atoms with Gasteiger partial charge in [-0.3, -0.25) is 19.3 Å². The third kappa shape index (κ3) is 3.55. The minimum Gasteiger partial charge on any atom is -0.341 e. The van der Waals surface area contributed by atoms with E-state index >= 15 is 0 Å². The summed E-state index contributed by atoms with van der Waals surface area (Å²) < 4.78 is 0. The van der Waals surface area contributed by atoms with Crippen molar-refractivity contribution >= 4 is 52.0 Å². The Morgan fingerprint density at radius 3 is 2.58 bits per heavy atom. The first-order chi connectivity index (χ1) is 11.5. The summed E-state index contributed by atoms with van der Waals surface area (Å²) in [5, 5.41) is 0.905. The van der Waals surface area contributed by atoms with Crippen LogP contribution in [0.1, 0.15) is 18.4 Å². The first-order valence-electron chi connectivity index (χ1n) is 7.67. The lowest BCUT2D eigenvalue weighted by Gasteiger charge is -2.22. The zero-order valence-corrected chi connectivity index (χ0v) is 15.2. The smallest absolute Gasteiger partial charge is 0.289 e. The molecule has 3 rings (SSSR count). The summed E-state index contributed by atoms with van der Waals surface area (Å²) >= 11 is 13.3. The zero-order chi connectivity index (χ0) is 17.3. The van der Waals surface area contributed by atoms with Crippen LogP contribution in [0.5, 0.6) is 0 Å². The minimum atomic E-state index is -0.206. The third-order valence-electron chi connectivity index (χ3n) is 4.32. The van der Waals surface area contributed by atoms with Crippen LogP contribution >= 0.6 is 35.0 Å². The molecule has 0 bridgehead atoms. The van der Waals surface area contributed by atoms with Gasteiger partial charge in [0, 0.05) is 29.6 Å². The average molecular weight is 387 g/mol. The lowest BCUT2D eigenvalue weighted by atomic mass is 10.1. The lowest BCUT2D eigenvalue weighted by molar-refractivity contribution is -0.131. The van der Waals surface area contributed by atoms with E-state index in [-0.39, 0.29) is 28.8 Å². The highest BCUT2D eigenvalue weighted by molar-refractivity contribution is 8.14. The van der Waals surface area contributed by atoms with Crippen molar-refractivity contribution in [3.05, 3.63) is 33.8 Å². The highest BCUT2D eigenvalue weighted by atomic mass is 35.5. The van der Waals surface area contributed by atoms with Crippen molar-refractivity contribution in [2.45, 2.75) is 25.3 Å². The van der Waals surface area contributed by atoms with Gasteiger partial charge in [0.05, 0.1) is 11.8 Å². The molecule has 1 aromatic rings. The molecule has 128 valence electrons. The van der Waals surface area contributed by atoms with Crippen LogP contribution in [0.25, 0.3) is 0 Å². The molecule has 24 heavy (non-hydrogen) atoms. The first kappa shape index (κ1) is 17.6. The second-order valence-electron chi connectivity index (χ2n) is 5.80. The molecule has 2 aliphatic rings. The van der Waals surface area contributed by atoms with Crippen LogP contribution in [0.2, 0.25) is 10.0 Å². The number of hydrogen-bond donors (Lipinski definition) is 0. The maximum absolute atomic E-state index is 12.4. The van der Waals surface area contributed by atoms with Crippen LogP contribution in [0, 0.1) is 0 Å². The molecule has 2 aliphatic heterocycles. The Kier molecular flexibility index (Phi) is 5.37. The quantitative estimate of drug-likeness (QED) is 0.796. The van der Waals surface area contributed by atoms with Gasteiger partial charge < -0.3 is 4.90 Å². The Morgan fingerprint density at radius 2 is 1.96 bits per heavy atom. The molecule has 0 N–H and O–H groups in total. The summed E-state index contributed by atoms with van der Waals surface area (Å²) in [7, 11) is 0. The van der Waals surface area contributed by atoms with Crippen LogP contribution < -0.4 is 0 Å². The van der Waals surface area contributed by atoms with Crippen molar-refractivity contribution in [1.82, 2.24) is 9.80 Å². The topological polar surface area (TPSA) is 57.7 Å². The van der Waals surface area contributed by atoms with Gasteiger partial charge in [-0.2, -0.15) is 0 Å². The zero-order valence-electron chi connectivity index (χ0n) is 12.8. The molecular weight excluding hydrogens is 371 g/mol. The predicted molar refractivity (Wildman–Crippen MR) is 94.5 cm³/mol. The van der Waals surface area contributed by atoms with Crippen molar-refractivity contribution in [3.63, 3.8) is 0 Å². The fourth-order valence-electron chi connectivity index (χ4n) is 3.06. The van der Waals surface area contributed by atoms with E-state index in [1.165, 1.54) is 4.90 Å². The molecule has 0 aliphatic carbocycles. The van der Waals surface area contributed by atoms with Gasteiger partial charge in [0.2, 0.25) is 11.8 Å². The molecule has 1 aromatic carbocycles. The van der Waals surface area contributed by atoms with Crippen molar-refractivity contribution < 1.29 is 14.4 Å². The molecule has 0 spiro atoms. The van der Waals surface area contributed by atoms with E-state index in [4.69, 9.17) is 23.2 Å². The number of hydrogen-bond acceptors (Lipinski definition) is 4. The molecular formula is C16H16Cl2N2O3S. The molecule has 0 aromatic heterocycles. The fourth-order valence-corrected chi connectivity index (χ4v) is 4.42. The molecule has 1 atom stereocenters. The Hall–Kier alpha value is -1.24. The van der Waals surface area contributed by atoms with Crippen molar-refractivity contribution in [2.24, 2.45) is 0 Å². The summed E-state index contributed by atoms with van der Waals surface area (Å²) in [6.07, 6.45) is 1.40. The van der Waals surface area contributed by atoms with Crippen molar-refractivity contribution in [1.29, 1.82) is 0 Å². The number of rotatable bonds is 4. The Balaban J connectivity index is 1.57. The molecule has 5 nitrogen and oxygen atoms in total. The third-order valence-corrected chi connectivity index (χ3v) is 5.86. The Bertz CT molecular complexity index is 662. The molecule has 2 heterocycles. The summed E-state index contributed by atoms with van der Waals surface area (Å²) in [6, 6.07) is 5.07. The SMILES string of the molecule is O=C(CCc1c(Cl)cccc1Cl)N1CCC(N2C(=O)CSC2=O)C1. The summed E-state index contributed by atoms with van der Waals surface area (Å²) in [5.41, 5.74) is 0.770. The molecule has 8 heteroatoms. The number of likely N-dealkylation sites (tertiary alicyclic amines) is 1. The maximum atomic E-state index is 12.4. The number of carbonyl (C=O) groups excluding carboxylic acids is 3. The predicted octanol–water partition coefficient (Wildman–Crippen LogP) is 3.22. The van der Waals surface area contributed by atoms with E-state index in [0.717, 1.165) is 17.3 Å². The molecule has 3 amide bonds. The molecule has 1 unspecified atom stereocenters. The second-order valence-corrected chi connectivity index (χ2v) is 7.54. The van der Waals surface area contributed by atoms with Crippen LogP contribution in [0.3, 0.4) is 0 Å². The van der Waals surface area contributed by atoms with Gasteiger partial charge in [-0.15, -0.1) is 0 Å². The number of nitrogens with zero attached hydrogens (tertiary/aromatic N) is 2. The van der Waals surface area contributed by atoms with Gasteiger partial charge in [0.15, 0.2) is 0 Å². The van der Waals surface area contributed by atoms with E-state index in [2.05, 4.69) is 0 Å². The van der Waals surface area contributed by atoms with E-state index in [1.54, 1.807) is 23.1 Å². The summed E-state index contributed by atoms with van der Waals surface area (Å²) in [6.45, 7) is 0.967. The van der Waals surface area contributed by atoms with E-state index in [1.807, 2.05) is 0 Å². The van der Waals surface area contributed by atoms with E-state index in [0.29, 0.717) is 42.4 Å². The van der Waals surface area contributed by atoms with Crippen LogP contribution in [0.15, 0.2) is 18.2 Å². The second kappa shape index (κ2) is 7.33. The van der Waals surface area contributed by atoms with Crippen LogP contribution in [0.4, 0.5) is 4.79 Å². The molecule has 0 radical (unpaired) electrons. The van der Waals surface area contributed by atoms with E-state index < -0.39 is 0 Å². The van der Waals surface area contributed by atoms with Gasteiger partial charge in [-0.25, -0.2) is 0 Å². The van der Waals surface area contributed by atoms with Gasteiger partial charge in [-0.1, -0.05) is 41.0 Å². The highest BCUT2D eigenvalue weighted by Crippen LogP contribution is 2.28. The van der Waals surface area contributed by atoms with Gasteiger partial charge >= 0.3 is 0 Å². The number of halogens is 2. The van der Waals surface area contributed by atoms with E-state index in [9.17, 15) is 14.4 Å². The fraction of sp³-hybridized carbons (Fsp3) is 0.438. The summed E-state index contributed by atoms with van der Waals surface area (Å²) in [5.74, 6) is 0.0289. The minimum absolute atomic E-state index is 0.0137. The Morgan fingerprint density at radius 1 is 1.25 bits per heavy atom. The Labute approximate surface area is 154 Å². The van der Waals surface area contributed by atoms with Gasteiger partial charge in [0.25, 0.3) is 5.24 Å². The average Bonchev–Trinajstić information content (AvgIpc) is 3.13. The number of thioether (sulfide) groups is 1. The van der Waals surface area contributed by atoms with Crippen molar-refractivity contribution in [2.75, 3.05) is 18.8 Å². The molecule has 2 fully saturated rings. The highest BCUT2D eigenvalue weighted by Gasteiger charge is 2.40. The number of benzene rings is 1. The lowest BCUT2D eigenvalue weighted by Crippen LogP contribution is -2.41. The van der Waals surface area contributed by atoms with Crippen LogP contribution in [-0.2, 0) is 16.0 Å². The molecule has 0 saturated carbocycles. The summed E-state index contributed by atoms with van der Waals surface area (Å²) in [4.78, 5) is 39.0. The van der Waals surface area contributed by atoms with Crippen LogP contribution in [-0.4, -0.2) is 51.7 Å². The number of imide groups is 1. The van der Waals surface area contributed by atoms with Gasteiger partial charge in [-0.05, 0) is 30.5 Å². The standard InChI is InChI=1S/C16H16Cl2N2O3S/c17-12-2-1-3-13(18)11(12)4-5-14(21)19-7-6-10(8-19)20-15(22)9-24-16(20)23/h1-3,10H,4-9H2.